The molecular formula is C13H18N4O. The van der Waals surface area contributed by atoms with Gasteiger partial charge in [0.15, 0.2) is 5.96 Å². The van der Waals surface area contributed by atoms with Crippen LogP contribution in [0.15, 0.2) is 35.3 Å². The van der Waals surface area contributed by atoms with Crippen LogP contribution in [0.2, 0.25) is 0 Å². The van der Waals surface area contributed by atoms with Crippen molar-refractivity contribution in [2.45, 2.75) is 6.42 Å². The molecule has 0 aliphatic carbocycles. The number of nitrogens with one attached hydrogen (secondary N) is 3. The maximum atomic E-state index is 11.7. The van der Waals surface area contributed by atoms with Crippen molar-refractivity contribution < 1.29 is 4.79 Å². The highest BCUT2D eigenvalue weighted by Crippen LogP contribution is 1.97. The third-order valence-corrected chi connectivity index (χ3v) is 2.64. The highest BCUT2D eigenvalue weighted by molar-refractivity contribution is 5.94. The van der Waals surface area contributed by atoms with Crippen molar-refractivity contribution in [3.63, 3.8) is 0 Å². The summed E-state index contributed by atoms with van der Waals surface area (Å²) in [5, 5.41) is 9.17. The van der Waals surface area contributed by atoms with E-state index in [2.05, 4.69) is 20.9 Å². The van der Waals surface area contributed by atoms with Crippen LogP contribution in [0.3, 0.4) is 0 Å². The SMILES string of the molecule is O=C(NCCNC1=NCCCN1)c1ccccc1. The Kier molecular flexibility index (Phi) is 4.58. The van der Waals surface area contributed by atoms with Gasteiger partial charge >= 0.3 is 0 Å². The molecule has 2 rings (SSSR count). The molecule has 96 valence electrons. The zero-order valence-corrected chi connectivity index (χ0v) is 10.3. The number of nitrogens with zero attached hydrogens (tertiary/aromatic N) is 1. The summed E-state index contributed by atoms with van der Waals surface area (Å²) in [6.07, 6.45) is 1.08. The number of aliphatic imine (C=N–C) groups is 1. The number of carbonyl (C=O) groups is 1. The van der Waals surface area contributed by atoms with Crippen molar-refractivity contribution in [2.75, 3.05) is 26.2 Å². The Morgan fingerprint density at radius 3 is 2.83 bits per heavy atom. The first-order valence-corrected chi connectivity index (χ1v) is 6.22. The molecule has 1 heterocycles. The van der Waals surface area contributed by atoms with E-state index in [0.29, 0.717) is 18.7 Å². The van der Waals surface area contributed by atoms with Crippen LogP contribution in [0, 0.1) is 0 Å². The van der Waals surface area contributed by atoms with E-state index in [9.17, 15) is 4.79 Å². The standard InChI is InChI=1S/C13H18N4O/c18-12(11-5-2-1-3-6-11)14-9-10-17-13-15-7-4-8-16-13/h1-3,5-6H,4,7-10H2,(H,14,18)(H2,15,16,17). The Balaban J connectivity index is 1.66. The van der Waals surface area contributed by atoms with Gasteiger partial charge in [-0.05, 0) is 18.6 Å². The van der Waals surface area contributed by atoms with E-state index in [1.165, 1.54) is 0 Å². The molecule has 0 saturated carbocycles. The molecule has 5 nitrogen and oxygen atoms in total. The van der Waals surface area contributed by atoms with Crippen LogP contribution in [0.25, 0.3) is 0 Å². The lowest BCUT2D eigenvalue weighted by molar-refractivity contribution is 0.0954. The first kappa shape index (κ1) is 12.4. The highest BCUT2D eigenvalue weighted by Gasteiger charge is 2.04. The fourth-order valence-corrected chi connectivity index (χ4v) is 1.70. The van der Waals surface area contributed by atoms with Gasteiger partial charge in [-0.15, -0.1) is 0 Å². The molecule has 1 aromatic rings. The summed E-state index contributed by atoms with van der Waals surface area (Å²) >= 11 is 0. The topological polar surface area (TPSA) is 65.5 Å². The van der Waals surface area contributed by atoms with Crippen LogP contribution >= 0.6 is 0 Å². The maximum Gasteiger partial charge on any atom is 0.251 e. The summed E-state index contributed by atoms with van der Waals surface area (Å²) in [7, 11) is 0. The number of rotatable bonds is 4. The predicted octanol–water partition coefficient (Wildman–Crippen LogP) is 0.355. The minimum Gasteiger partial charge on any atom is -0.356 e. The third-order valence-electron chi connectivity index (χ3n) is 2.64. The molecule has 0 fully saturated rings. The summed E-state index contributed by atoms with van der Waals surface area (Å²) in [6.45, 7) is 3.08. The molecule has 0 atom stereocenters. The van der Waals surface area contributed by atoms with Crippen molar-refractivity contribution >= 4 is 11.9 Å². The highest BCUT2D eigenvalue weighted by atomic mass is 16.1. The summed E-state index contributed by atoms with van der Waals surface area (Å²) in [5.41, 5.74) is 0.686. The predicted molar refractivity (Wildman–Crippen MR) is 71.7 cm³/mol. The smallest absolute Gasteiger partial charge is 0.251 e. The third kappa shape index (κ3) is 3.76. The van der Waals surface area contributed by atoms with Crippen LogP contribution in [-0.2, 0) is 0 Å². The maximum absolute atomic E-state index is 11.7. The minimum atomic E-state index is -0.0454. The van der Waals surface area contributed by atoms with Gasteiger partial charge in [-0.25, -0.2) is 0 Å². The Bertz CT molecular complexity index is 416. The van der Waals surface area contributed by atoms with Crippen molar-refractivity contribution in [3.8, 4) is 0 Å². The van der Waals surface area contributed by atoms with E-state index in [0.717, 1.165) is 25.5 Å². The minimum absolute atomic E-state index is 0.0454. The van der Waals surface area contributed by atoms with Gasteiger partial charge in [-0.3, -0.25) is 9.79 Å². The van der Waals surface area contributed by atoms with E-state index in [1.54, 1.807) is 12.1 Å². The molecule has 1 aliphatic heterocycles. The van der Waals surface area contributed by atoms with Crippen molar-refractivity contribution in [1.29, 1.82) is 0 Å². The van der Waals surface area contributed by atoms with Gasteiger partial charge < -0.3 is 16.0 Å². The van der Waals surface area contributed by atoms with Gasteiger partial charge in [0, 0.05) is 31.7 Å². The molecule has 1 amide bonds. The molecule has 1 aliphatic rings. The molecule has 0 spiro atoms. The molecule has 0 unspecified atom stereocenters. The van der Waals surface area contributed by atoms with E-state index >= 15 is 0 Å². The van der Waals surface area contributed by atoms with Gasteiger partial charge in [0.05, 0.1) is 0 Å². The fraction of sp³-hybridized carbons (Fsp3) is 0.385. The van der Waals surface area contributed by atoms with E-state index in [4.69, 9.17) is 0 Å². The second-order valence-electron chi connectivity index (χ2n) is 4.06. The Morgan fingerprint density at radius 2 is 2.11 bits per heavy atom. The molecular weight excluding hydrogens is 228 g/mol. The number of carbonyl (C=O) groups excluding carboxylic acids is 1. The lowest BCUT2D eigenvalue weighted by Crippen LogP contribution is -2.43. The number of benzene rings is 1. The van der Waals surface area contributed by atoms with E-state index in [-0.39, 0.29) is 5.91 Å². The number of hydrogen-bond donors (Lipinski definition) is 3. The van der Waals surface area contributed by atoms with Gasteiger partial charge in [0.1, 0.15) is 0 Å². The number of hydrogen-bond acceptors (Lipinski definition) is 4. The van der Waals surface area contributed by atoms with Crippen LogP contribution in [0.1, 0.15) is 16.8 Å². The average molecular weight is 246 g/mol. The summed E-state index contributed by atoms with van der Waals surface area (Å²) in [5.74, 6) is 0.783. The summed E-state index contributed by atoms with van der Waals surface area (Å²) in [4.78, 5) is 16.0. The molecule has 0 saturated heterocycles. The molecule has 5 heteroatoms. The normalized spacial score (nSPS) is 14.3. The largest absolute Gasteiger partial charge is 0.356 e. The van der Waals surface area contributed by atoms with E-state index in [1.807, 2.05) is 18.2 Å². The quantitative estimate of drug-likeness (QED) is 0.672. The lowest BCUT2D eigenvalue weighted by atomic mass is 10.2. The Hall–Kier alpha value is -2.04. The zero-order valence-electron chi connectivity index (χ0n) is 10.3. The molecule has 0 bridgehead atoms. The zero-order chi connectivity index (χ0) is 12.6. The number of amides is 1. The van der Waals surface area contributed by atoms with Crippen molar-refractivity contribution in [2.24, 2.45) is 4.99 Å². The number of guanidine groups is 1. The fourth-order valence-electron chi connectivity index (χ4n) is 1.70. The van der Waals surface area contributed by atoms with Crippen LogP contribution in [0.4, 0.5) is 0 Å². The Labute approximate surface area is 107 Å². The molecule has 18 heavy (non-hydrogen) atoms. The Morgan fingerprint density at radius 1 is 1.28 bits per heavy atom. The summed E-state index contributed by atoms with van der Waals surface area (Å²) in [6, 6.07) is 9.21. The van der Waals surface area contributed by atoms with Crippen LogP contribution < -0.4 is 16.0 Å². The molecule has 0 aromatic heterocycles. The summed E-state index contributed by atoms with van der Waals surface area (Å²) < 4.78 is 0. The molecule has 3 N–H and O–H groups in total. The molecule has 1 aromatic carbocycles. The van der Waals surface area contributed by atoms with E-state index < -0.39 is 0 Å². The van der Waals surface area contributed by atoms with Gasteiger partial charge in [-0.2, -0.15) is 0 Å². The van der Waals surface area contributed by atoms with Gasteiger partial charge in [0.25, 0.3) is 5.91 Å². The monoisotopic (exact) mass is 246 g/mol. The van der Waals surface area contributed by atoms with Gasteiger partial charge in [0.2, 0.25) is 0 Å². The van der Waals surface area contributed by atoms with Crippen LogP contribution in [0.5, 0.6) is 0 Å². The average Bonchev–Trinajstić information content (AvgIpc) is 2.45. The van der Waals surface area contributed by atoms with Gasteiger partial charge in [-0.1, -0.05) is 18.2 Å². The first-order chi connectivity index (χ1) is 8.86. The second-order valence-corrected chi connectivity index (χ2v) is 4.06. The first-order valence-electron chi connectivity index (χ1n) is 6.22. The lowest BCUT2D eigenvalue weighted by Gasteiger charge is -2.16. The molecule has 0 radical (unpaired) electrons. The van der Waals surface area contributed by atoms with Crippen LogP contribution in [-0.4, -0.2) is 38.0 Å². The van der Waals surface area contributed by atoms with Crippen molar-refractivity contribution in [1.82, 2.24) is 16.0 Å². The van der Waals surface area contributed by atoms with Crippen molar-refractivity contribution in [3.05, 3.63) is 35.9 Å². The second kappa shape index (κ2) is 6.64.